The van der Waals surface area contributed by atoms with Gasteiger partial charge >= 0.3 is 0 Å². The minimum absolute atomic E-state index is 0.668. The van der Waals surface area contributed by atoms with Crippen molar-refractivity contribution in [2.24, 2.45) is 0 Å². The average molecular weight is 256 g/mol. The van der Waals surface area contributed by atoms with Crippen LogP contribution in [0.1, 0.15) is 24.8 Å². The summed E-state index contributed by atoms with van der Waals surface area (Å²) in [5.41, 5.74) is 2.52. The highest BCUT2D eigenvalue weighted by molar-refractivity contribution is 5.53. The lowest BCUT2D eigenvalue weighted by atomic mass is 10.1. The lowest BCUT2D eigenvalue weighted by Gasteiger charge is -2.21. The van der Waals surface area contributed by atoms with Crippen LogP contribution >= 0.6 is 0 Å². The van der Waals surface area contributed by atoms with Gasteiger partial charge in [0.2, 0.25) is 0 Å². The molecule has 100 valence electrons. The van der Waals surface area contributed by atoms with Crippen LogP contribution in [0.2, 0.25) is 0 Å². The number of aromatic nitrogens is 2. The van der Waals surface area contributed by atoms with Crippen LogP contribution in [0.15, 0.2) is 30.6 Å². The van der Waals surface area contributed by atoms with E-state index in [1.165, 1.54) is 43.4 Å². The molecule has 0 radical (unpaired) electrons. The van der Waals surface area contributed by atoms with E-state index < -0.39 is 0 Å². The molecule has 0 spiro atoms. The summed E-state index contributed by atoms with van der Waals surface area (Å²) in [6.07, 6.45) is 8.03. The predicted octanol–water partition coefficient (Wildman–Crippen LogP) is 1.66. The second kappa shape index (κ2) is 4.62. The van der Waals surface area contributed by atoms with Crippen molar-refractivity contribution in [1.29, 1.82) is 0 Å². The fourth-order valence-corrected chi connectivity index (χ4v) is 3.69. The maximum atomic E-state index is 4.40. The van der Waals surface area contributed by atoms with E-state index in [4.69, 9.17) is 0 Å². The van der Waals surface area contributed by atoms with Gasteiger partial charge < -0.3 is 5.32 Å². The molecule has 4 nitrogen and oxygen atoms in total. The summed E-state index contributed by atoms with van der Waals surface area (Å²) in [5.74, 6) is 0. The number of rotatable bonds is 3. The van der Waals surface area contributed by atoms with Gasteiger partial charge in [0, 0.05) is 36.9 Å². The highest BCUT2D eigenvalue weighted by atomic mass is 15.2. The van der Waals surface area contributed by atoms with Gasteiger partial charge in [-0.05, 0) is 37.9 Å². The van der Waals surface area contributed by atoms with E-state index in [1.807, 2.05) is 23.0 Å². The van der Waals surface area contributed by atoms with Gasteiger partial charge in [0.25, 0.3) is 0 Å². The molecule has 2 fully saturated rings. The lowest BCUT2D eigenvalue weighted by molar-refractivity contribution is 0.298. The van der Waals surface area contributed by atoms with Crippen molar-refractivity contribution in [2.45, 2.75) is 37.9 Å². The minimum atomic E-state index is 0.668. The van der Waals surface area contributed by atoms with Crippen LogP contribution in [-0.2, 0) is 6.54 Å². The predicted molar refractivity (Wildman–Crippen MR) is 75.0 cm³/mol. The van der Waals surface area contributed by atoms with Crippen LogP contribution in [-0.4, -0.2) is 39.7 Å². The number of hydrogen-bond donors (Lipinski definition) is 1. The largest absolute Gasteiger partial charge is 0.308 e. The van der Waals surface area contributed by atoms with Crippen LogP contribution in [0.25, 0.3) is 5.52 Å². The molecule has 4 heterocycles. The molecule has 2 aliphatic rings. The summed E-state index contributed by atoms with van der Waals surface area (Å²) >= 11 is 0. The summed E-state index contributed by atoms with van der Waals surface area (Å²) in [6.45, 7) is 3.51. The zero-order chi connectivity index (χ0) is 12.7. The lowest BCUT2D eigenvalue weighted by Crippen LogP contribution is -2.38. The average Bonchev–Trinajstić information content (AvgIpc) is 3.12. The zero-order valence-electron chi connectivity index (χ0n) is 11.1. The van der Waals surface area contributed by atoms with Gasteiger partial charge in [0.05, 0.1) is 11.7 Å². The van der Waals surface area contributed by atoms with Crippen molar-refractivity contribution in [3.63, 3.8) is 0 Å². The standard InChI is InChI=1S/C15H20N4/c1-2-8-19-14(4-1)12(11-17-19)10-16-13-6-9-18-7-3-5-15(13)18/h1-2,4,8,11,13,15-16H,3,5-7,9-10H2. The molecular formula is C15H20N4. The van der Waals surface area contributed by atoms with Crippen molar-refractivity contribution in [3.05, 3.63) is 36.2 Å². The summed E-state index contributed by atoms with van der Waals surface area (Å²) < 4.78 is 1.95. The van der Waals surface area contributed by atoms with Crippen LogP contribution < -0.4 is 5.32 Å². The van der Waals surface area contributed by atoms with Crippen molar-refractivity contribution < 1.29 is 0 Å². The van der Waals surface area contributed by atoms with E-state index in [-0.39, 0.29) is 0 Å². The first kappa shape index (κ1) is 11.4. The second-order valence-electron chi connectivity index (χ2n) is 5.72. The summed E-state index contributed by atoms with van der Waals surface area (Å²) in [7, 11) is 0. The van der Waals surface area contributed by atoms with E-state index in [0.717, 1.165) is 12.6 Å². The van der Waals surface area contributed by atoms with Crippen LogP contribution in [0.4, 0.5) is 0 Å². The molecule has 0 saturated carbocycles. The SMILES string of the molecule is c1ccn2ncc(CNC3CCN4CCCC34)c2c1. The number of fused-ring (bicyclic) bond motifs is 2. The normalized spacial score (nSPS) is 27.2. The van der Waals surface area contributed by atoms with E-state index in [1.54, 1.807) is 0 Å². The molecule has 4 heteroatoms. The Kier molecular flexibility index (Phi) is 2.78. The molecule has 2 aromatic rings. The number of nitrogens with one attached hydrogen (secondary N) is 1. The third-order valence-electron chi connectivity index (χ3n) is 4.67. The molecule has 2 unspecified atom stereocenters. The smallest absolute Gasteiger partial charge is 0.0706 e. The molecule has 2 saturated heterocycles. The molecule has 1 N–H and O–H groups in total. The summed E-state index contributed by atoms with van der Waals surface area (Å²) in [5, 5.41) is 8.15. The van der Waals surface area contributed by atoms with Gasteiger partial charge in [-0.3, -0.25) is 4.90 Å². The summed E-state index contributed by atoms with van der Waals surface area (Å²) in [4.78, 5) is 2.65. The maximum absolute atomic E-state index is 4.40. The Hall–Kier alpha value is -1.39. The quantitative estimate of drug-likeness (QED) is 0.906. The highest BCUT2D eigenvalue weighted by Gasteiger charge is 2.36. The van der Waals surface area contributed by atoms with Gasteiger partial charge in [-0.1, -0.05) is 6.07 Å². The number of hydrogen-bond acceptors (Lipinski definition) is 3. The van der Waals surface area contributed by atoms with Crippen LogP contribution in [0, 0.1) is 0 Å². The zero-order valence-corrected chi connectivity index (χ0v) is 11.1. The Morgan fingerprint density at radius 3 is 3.26 bits per heavy atom. The Bertz CT molecular complexity index is 576. The first-order valence-electron chi connectivity index (χ1n) is 7.30. The highest BCUT2D eigenvalue weighted by Crippen LogP contribution is 2.28. The van der Waals surface area contributed by atoms with Gasteiger partial charge in [-0.15, -0.1) is 0 Å². The molecule has 0 bridgehead atoms. The van der Waals surface area contributed by atoms with Gasteiger partial charge in [-0.25, -0.2) is 4.52 Å². The number of nitrogens with zero attached hydrogens (tertiary/aromatic N) is 3. The molecule has 2 aliphatic heterocycles. The van der Waals surface area contributed by atoms with Gasteiger partial charge in [-0.2, -0.15) is 5.10 Å². The molecule has 2 atom stereocenters. The molecule has 2 aromatic heterocycles. The summed E-state index contributed by atoms with van der Waals surface area (Å²) in [6, 6.07) is 7.68. The molecule has 0 amide bonds. The monoisotopic (exact) mass is 256 g/mol. The first-order chi connectivity index (χ1) is 9.42. The Labute approximate surface area is 113 Å². The Morgan fingerprint density at radius 2 is 2.26 bits per heavy atom. The van der Waals surface area contributed by atoms with Crippen molar-refractivity contribution in [2.75, 3.05) is 13.1 Å². The topological polar surface area (TPSA) is 32.6 Å². The molecular weight excluding hydrogens is 236 g/mol. The van der Waals surface area contributed by atoms with Crippen LogP contribution in [0.5, 0.6) is 0 Å². The Balaban J connectivity index is 1.47. The third-order valence-corrected chi connectivity index (χ3v) is 4.67. The van der Waals surface area contributed by atoms with E-state index in [0.29, 0.717) is 6.04 Å². The van der Waals surface area contributed by atoms with E-state index >= 15 is 0 Å². The van der Waals surface area contributed by atoms with E-state index in [9.17, 15) is 0 Å². The first-order valence-corrected chi connectivity index (χ1v) is 7.30. The Morgan fingerprint density at radius 1 is 1.26 bits per heavy atom. The number of pyridine rings is 1. The molecule has 19 heavy (non-hydrogen) atoms. The van der Waals surface area contributed by atoms with Gasteiger partial charge in [0.1, 0.15) is 0 Å². The van der Waals surface area contributed by atoms with Gasteiger partial charge in [0.15, 0.2) is 0 Å². The molecule has 0 aliphatic carbocycles. The maximum Gasteiger partial charge on any atom is 0.0706 e. The molecule has 4 rings (SSSR count). The van der Waals surface area contributed by atoms with Crippen molar-refractivity contribution >= 4 is 5.52 Å². The van der Waals surface area contributed by atoms with Crippen molar-refractivity contribution in [3.8, 4) is 0 Å². The molecule has 0 aromatic carbocycles. The second-order valence-corrected chi connectivity index (χ2v) is 5.72. The van der Waals surface area contributed by atoms with Crippen LogP contribution in [0.3, 0.4) is 0 Å². The van der Waals surface area contributed by atoms with E-state index in [2.05, 4.69) is 27.4 Å². The fourth-order valence-electron chi connectivity index (χ4n) is 3.69. The minimum Gasteiger partial charge on any atom is -0.308 e. The van der Waals surface area contributed by atoms with Crippen molar-refractivity contribution in [1.82, 2.24) is 19.8 Å². The third kappa shape index (κ3) is 1.95. The fraction of sp³-hybridized carbons (Fsp3) is 0.533.